The molecule has 114 valence electrons. The molecule has 1 N–H and O–H groups in total. The van der Waals surface area contributed by atoms with E-state index in [1.807, 2.05) is 12.1 Å². The second-order valence-corrected chi connectivity index (χ2v) is 7.47. The van der Waals surface area contributed by atoms with Crippen LogP contribution in [0, 0.1) is 12.3 Å². The molecule has 0 saturated heterocycles. The zero-order chi connectivity index (χ0) is 15.6. The van der Waals surface area contributed by atoms with Gasteiger partial charge in [-0.15, -0.1) is 0 Å². The van der Waals surface area contributed by atoms with E-state index in [0.717, 1.165) is 29.2 Å². The van der Waals surface area contributed by atoms with E-state index in [-0.39, 0.29) is 11.2 Å². The predicted octanol–water partition coefficient (Wildman–Crippen LogP) is 3.96. The van der Waals surface area contributed by atoms with Gasteiger partial charge >= 0.3 is 5.97 Å². The summed E-state index contributed by atoms with van der Waals surface area (Å²) < 4.78 is 2.15. The van der Waals surface area contributed by atoms with Crippen LogP contribution in [-0.2, 0) is 11.3 Å². The maximum Gasteiger partial charge on any atom is 0.313 e. The number of nitrogens with zero attached hydrogens (tertiary/aromatic N) is 2. The molecule has 0 unspecified atom stereocenters. The molecule has 2 aromatic rings. The van der Waals surface area contributed by atoms with Crippen LogP contribution in [0.2, 0.25) is 0 Å². The summed E-state index contributed by atoms with van der Waals surface area (Å²) in [7, 11) is 0. The van der Waals surface area contributed by atoms with Crippen LogP contribution in [0.4, 0.5) is 0 Å². The molecule has 1 aromatic carbocycles. The van der Waals surface area contributed by atoms with Crippen molar-refractivity contribution in [2.45, 2.75) is 45.8 Å². The first-order valence-electron chi connectivity index (χ1n) is 7.08. The lowest BCUT2D eigenvalue weighted by atomic mass is 9.92. The molecule has 0 radical (unpaired) electrons. The molecule has 21 heavy (non-hydrogen) atoms. The number of rotatable bonds is 5. The lowest BCUT2D eigenvalue weighted by Gasteiger charge is -2.19. The Bertz CT molecular complexity index is 656. The molecule has 4 nitrogen and oxygen atoms in total. The van der Waals surface area contributed by atoms with Crippen molar-refractivity contribution >= 4 is 28.8 Å². The van der Waals surface area contributed by atoms with Crippen molar-refractivity contribution < 1.29 is 9.90 Å². The van der Waals surface area contributed by atoms with E-state index in [2.05, 4.69) is 43.3 Å². The van der Waals surface area contributed by atoms with Crippen LogP contribution in [0.15, 0.2) is 23.4 Å². The normalized spacial score (nSPS) is 12.0. The van der Waals surface area contributed by atoms with Gasteiger partial charge in [-0.05, 0) is 36.5 Å². The summed E-state index contributed by atoms with van der Waals surface area (Å²) >= 11 is 1.29. The van der Waals surface area contributed by atoms with Crippen LogP contribution in [0.3, 0.4) is 0 Å². The number of fused-ring (bicyclic) bond motifs is 1. The zero-order valence-electron chi connectivity index (χ0n) is 13.0. The molecule has 0 bridgehead atoms. The van der Waals surface area contributed by atoms with Gasteiger partial charge in [0.15, 0.2) is 5.16 Å². The summed E-state index contributed by atoms with van der Waals surface area (Å²) in [5, 5.41) is 9.68. The van der Waals surface area contributed by atoms with Gasteiger partial charge in [-0.25, -0.2) is 4.98 Å². The minimum Gasteiger partial charge on any atom is -0.481 e. The van der Waals surface area contributed by atoms with Gasteiger partial charge in [0.2, 0.25) is 0 Å². The maximum atomic E-state index is 10.8. The van der Waals surface area contributed by atoms with Crippen molar-refractivity contribution in [3.05, 3.63) is 23.8 Å². The molecule has 0 fully saturated rings. The first kappa shape index (κ1) is 15.9. The summed E-state index contributed by atoms with van der Waals surface area (Å²) in [4.78, 5) is 15.4. The van der Waals surface area contributed by atoms with Crippen molar-refractivity contribution in [3.63, 3.8) is 0 Å². The Hall–Kier alpha value is -1.49. The molecule has 1 aromatic heterocycles. The first-order chi connectivity index (χ1) is 9.76. The number of benzene rings is 1. The number of carboxylic acids is 1. The fourth-order valence-corrected chi connectivity index (χ4v) is 2.87. The minimum absolute atomic E-state index is 0.0395. The standard InChI is InChI=1S/C16H22N2O2S/c1-11-5-6-12-13(9-11)18(8-7-16(2,3)4)15(17-12)21-10-14(19)20/h5-6,9H,7-8,10H2,1-4H3,(H,19,20). The highest BCUT2D eigenvalue weighted by molar-refractivity contribution is 7.99. The topological polar surface area (TPSA) is 55.1 Å². The number of carbonyl (C=O) groups is 1. The Balaban J connectivity index is 2.38. The quantitative estimate of drug-likeness (QED) is 0.850. The van der Waals surface area contributed by atoms with Crippen LogP contribution in [0.25, 0.3) is 11.0 Å². The summed E-state index contributed by atoms with van der Waals surface area (Å²) in [6, 6.07) is 6.16. The molecule has 0 aliphatic rings. The Morgan fingerprint density at radius 1 is 1.38 bits per heavy atom. The highest BCUT2D eigenvalue weighted by Gasteiger charge is 2.16. The molecule has 0 saturated carbocycles. The Morgan fingerprint density at radius 3 is 2.71 bits per heavy atom. The molecular weight excluding hydrogens is 284 g/mol. The van der Waals surface area contributed by atoms with Crippen LogP contribution >= 0.6 is 11.8 Å². The second-order valence-electron chi connectivity index (χ2n) is 6.53. The molecule has 0 amide bonds. The molecule has 1 heterocycles. The van der Waals surface area contributed by atoms with Gasteiger partial charge in [0.25, 0.3) is 0 Å². The van der Waals surface area contributed by atoms with Crippen molar-refractivity contribution in [1.82, 2.24) is 9.55 Å². The molecule has 0 atom stereocenters. The molecule has 5 heteroatoms. The summed E-state index contributed by atoms with van der Waals surface area (Å²) in [5.41, 5.74) is 3.44. The van der Waals surface area contributed by atoms with E-state index in [4.69, 9.17) is 5.11 Å². The van der Waals surface area contributed by atoms with Gasteiger partial charge in [-0.1, -0.05) is 38.6 Å². The molecular formula is C16H22N2O2S. The summed E-state index contributed by atoms with van der Waals surface area (Å²) in [6.07, 6.45) is 1.02. The fraction of sp³-hybridized carbons (Fsp3) is 0.500. The van der Waals surface area contributed by atoms with Gasteiger partial charge < -0.3 is 9.67 Å². The third-order valence-corrected chi connectivity index (χ3v) is 4.24. The van der Waals surface area contributed by atoms with Crippen molar-refractivity contribution in [2.75, 3.05) is 5.75 Å². The monoisotopic (exact) mass is 306 g/mol. The number of thioether (sulfide) groups is 1. The molecule has 0 spiro atoms. The average Bonchev–Trinajstić information content (AvgIpc) is 2.70. The Kier molecular flexibility index (Phi) is 4.61. The van der Waals surface area contributed by atoms with Crippen molar-refractivity contribution in [2.24, 2.45) is 5.41 Å². The third-order valence-electron chi connectivity index (χ3n) is 3.28. The van der Waals surface area contributed by atoms with Crippen LogP contribution < -0.4 is 0 Å². The van der Waals surface area contributed by atoms with Crippen LogP contribution in [0.1, 0.15) is 32.8 Å². The first-order valence-corrected chi connectivity index (χ1v) is 8.06. The van der Waals surface area contributed by atoms with E-state index in [1.54, 1.807) is 0 Å². The average molecular weight is 306 g/mol. The van der Waals surface area contributed by atoms with Crippen molar-refractivity contribution in [1.29, 1.82) is 0 Å². The number of aryl methyl sites for hydroxylation is 2. The summed E-state index contributed by atoms with van der Waals surface area (Å²) in [6.45, 7) is 9.54. The Labute approximate surface area is 129 Å². The number of carboxylic acid groups (broad SMARTS) is 1. The lowest BCUT2D eigenvalue weighted by molar-refractivity contribution is -0.133. The number of aliphatic carboxylic acids is 1. The second kappa shape index (κ2) is 6.10. The van der Waals surface area contributed by atoms with Gasteiger partial charge in [0.1, 0.15) is 0 Å². The number of hydrogen-bond acceptors (Lipinski definition) is 3. The van der Waals surface area contributed by atoms with E-state index in [0.29, 0.717) is 0 Å². The highest BCUT2D eigenvalue weighted by Crippen LogP contribution is 2.28. The number of aromatic nitrogens is 2. The number of hydrogen-bond donors (Lipinski definition) is 1. The maximum absolute atomic E-state index is 10.8. The van der Waals surface area contributed by atoms with E-state index in [9.17, 15) is 4.79 Å². The van der Waals surface area contributed by atoms with Gasteiger partial charge in [0, 0.05) is 6.54 Å². The van der Waals surface area contributed by atoms with Crippen molar-refractivity contribution in [3.8, 4) is 0 Å². The largest absolute Gasteiger partial charge is 0.481 e. The SMILES string of the molecule is Cc1ccc2nc(SCC(=O)O)n(CCC(C)(C)C)c2c1. The zero-order valence-corrected chi connectivity index (χ0v) is 13.8. The fourth-order valence-electron chi connectivity index (χ4n) is 2.11. The van der Waals surface area contributed by atoms with Crippen LogP contribution in [-0.4, -0.2) is 26.4 Å². The number of imidazole rings is 1. The summed E-state index contributed by atoms with van der Waals surface area (Å²) in [5.74, 6) is -0.775. The smallest absolute Gasteiger partial charge is 0.313 e. The van der Waals surface area contributed by atoms with E-state index < -0.39 is 5.97 Å². The van der Waals surface area contributed by atoms with Gasteiger partial charge in [0.05, 0.1) is 16.8 Å². The van der Waals surface area contributed by atoms with E-state index in [1.165, 1.54) is 17.3 Å². The van der Waals surface area contributed by atoms with E-state index >= 15 is 0 Å². The minimum atomic E-state index is -0.814. The third kappa shape index (κ3) is 4.24. The highest BCUT2D eigenvalue weighted by atomic mass is 32.2. The Morgan fingerprint density at radius 2 is 2.10 bits per heavy atom. The molecule has 2 rings (SSSR count). The van der Waals surface area contributed by atoms with Gasteiger partial charge in [-0.3, -0.25) is 4.79 Å². The lowest BCUT2D eigenvalue weighted by Crippen LogP contribution is -2.11. The van der Waals surface area contributed by atoms with Crippen LogP contribution in [0.5, 0.6) is 0 Å². The molecule has 0 aliphatic heterocycles. The van der Waals surface area contributed by atoms with Gasteiger partial charge in [-0.2, -0.15) is 0 Å². The predicted molar refractivity (Wildman–Crippen MR) is 86.9 cm³/mol. The molecule has 0 aliphatic carbocycles.